The van der Waals surface area contributed by atoms with E-state index in [4.69, 9.17) is 19.9 Å². The summed E-state index contributed by atoms with van der Waals surface area (Å²) < 4.78 is 0. The Kier molecular flexibility index (Phi) is 7.55. The summed E-state index contributed by atoms with van der Waals surface area (Å²) in [6.07, 6.45) is 0. The van der Waals surface area contributed by atoms with Crippen molar-refractivity contribution in [2.24, 2.45) is 0 Å². The van der Waals surface area contributed by atoms with E-state index >= 15 is 0 Å². The minimum atomic E-state index is 0.677. The van der Waals surface area contributed by atoms with E-state index in [9.17, 15) is 0 Å². The van der Waals surface area contributed by atoms with Gasteiger partial charge in [0, 0.05) is 33.6 Å². The molecule has 54 heavy (non-hydrogen) atoms. The average Bonchev–Trinajstić information content (AvgIpc) is 3.23. The van der Waals surface area contributed by atoms with Gasteiger partial charge in [-0.15, -0.1) is 0 Å². The predicted molar refractivity (Wildman–Crippen MR) is 223 cm³/mol. The zero-order chi connectivity index (χ0) is 36.2. The van der Waals surface area contributed by atoms with Crippen LogP contribution in [0.15, 0.2) is 170 Å². The van der Waals surface area contributed by atoms with E-state index in [1.54, 1.807) is 0 Å². The van der Waals surface area contributed by atoms with E-state index in [0.29, 0.717) is 5.82 Å². The molecular weight excluding hydrogens is 657 g/mol. The molecule has 0 N–H and O–H groups in total. The van der Waals surface area contributed by atoms with E-state index in [1.165, 1.54) is 37.9 Å². The number of aromatic nitrogens is 4. The van der Waals surface area contributed by atoms with Crippen molar-refractivity contribution in [3.63, 3.8) is 0 Å². The molecule has 10 aromatic rings. The summed E-state index contributed by atoms with van der Waals surface area (Å²) in [6, 6.07) is 60.2. The van der Waals surface area contributed by atoms with Gasteiger partial charge in [0.15, 0.2) is 11.6 Å². The molecule has 10 rings (SSSR count). The molecule has 0 amide bonds. The lowest BCUT2D eigenvalue weighted by Gasteiger charge is -2.17. The molecule has 0 unspecified atom stereocenters. The highest BCUT2D eigenvalue weighted by Gasteiger charge is 2.17. The highest BCUT2D eigenvalue weighted by Crippen LogP contribution is 2.42. The van der Waals surface area contributed by atoms with Crippen LogP contribution in [0.2, 0.25) is 0 Å². The van der Waals surface area contributed by atoms with Crippen molar-refractivity contribution < 1.29 is 0 Å². The number of hydrogen-bond acceptors (Lipinski definition) is 4. The largest absolute Gasteiger partial charge is 0.233 e. The molecule has 0 spiro atoms. The molecule has 2 aromatic heterocycles. The standard InChI is InChI=1S/C50H34N4/c1-31-25-32(2)52-49(51-31)38-23-19-33(20-24-38)40-26-41(44-29-39-17-9-15-36-21-22-37-16-10-18-43(44)48(37)47(36)39)28-42(27-40)50-53-45(34-11-5-3-6-12-34)30-46(54-50)35-13-7-4-8-14-35/h3-30H,1-2H3. The Bertz CT molecular complexity index is 2910. The first-order valence-electron chi connectivity index (χ1n) is 18.3. The van der Waals surface area contributed by atoms with Crippen molar-refractivity contribution in [1.29, 1.82) is 0 Å². The third kappa shape index (κ3) is 5.65. The molecular formula is C50H34N4. The smallest absolute Gasteiger partial charge is 0.160 e. The number of hydrogen-bond donors (Lipinski definition) is 0. The molecule has 8 aromatic carbocycles. The molecule has 0 atom stereocenters. The normalized spacial score (nSPS) is 11.5. The summed E-state index contributed by atoms with van der Waals surface area (Å²) in [5.74, 6) is 1.41. The Morgan fingerprint density at radius 1 is 0.315 bits per heavy atom. The molecule has 2 heterocycles. The van der Waals surface area contributed by atoms with Gasteiger partial charge < -0.3 is 0 Å². The van der Waals surface area contributed by atoms with E-state index in [1.807, 2.05) is 32.0 Å². The van der Waals surface area contributed by atoms with Crippen LogP contribution in [0.3, 0.4) is 0 Å². The van der Waals surface area contributed by atoms with Gasteiger partial charge in [0.2, 0.25) is 0 Å². The summed E-state index contributed by atoms with van der Waals surface area (Å²) in [4.78, 5) is 19.9. The molecule has 0 radical (unpaired) electrons. The second-order valence-electron chi connectivity index (χ2n) is 14.0. The quantitative estimate of drug-likeness (QED) is 0.163. The summed E-state index contributed by atoms with van der Waals surface area (Å²) in [7, 11) is 0. The van der Waals surface area contributed by atoms with Crippen LogP contribution in [-0.2, 0) is 0 Å². The average molecular weight is 691 g/mol. The molecule has 0 bridgehead atoms. The molecule has 0 aliphatic carbocycles. The van der Waals surface area contributed by atoms with E-state index < -0.39 is 0 Å². The Hall–Kier alpha value is -7.04. The van der Waals surface area contributed by atoms with Crippen LogP contribution in [0, 0.1) is 13.8 Å². The van der Waals surface area contributed by atoms with E-state index in [-0.39, 0.29) is 0 Å². The second kappa shape index (κ2) is 12.9. The first-order valence-corrected chi connectivity index (χ1v) is 18.3. The highest BCUT2D eigenvalue weighted by atomic mass is 14.9. The lowest BCUT2D eigenvalue weighted by molar-refractivity contribution is 1.06. The molecule has 0 aliphatic heterocycles. The Morgan fingerprint density at radius 3 is 1.52 bits per heavy atom. The molecule has 0 saturated carbocycles. The lowest BCUT2D eigenvalue weighted by Crippen LogP contribution is -1.97. The Balaban J connectivity index is 1.22. The number of rotatable bonds is 6. The minimum absolute atomic E-state index is 0.677. The summed E-state index contributed by atoms with van der Waals surface area (Å²) >= 11 is 0. The van der Waals surface area contributed by atoms with Crippen LogP contribution in [0.5, 0.6) is 0 Å². The van der Waals surface area contributed by atoms with Gasteiger partial charge in [-0.3, -0.25) is 0 Å². The maximum absolute atomic E-state index is 5.25. The van der Waals surface area contributed by atoms with Crippen molar-refractivity contribution in [1.82, 2.24) is 19.9 Å². The van der Waals surface area contributed by atoms with Gasteiger partial charge in [0.05, 0.1) is 11.4 Å². The fourth-order valence-electron chi connectivity index (χ4n) is 7.84. The number of benzene rings is 8. The zero-order valence-electron chi connectivity index (χ0n) is 30.0. The monoisotopic (exact) mass is 690 g/mol. The van der Waals surface area contributed by atoms with Crippen molar-refractivity contribution in [3.05, 3.63) is 181 Å². The first-order chi connectivity index (χ1) is 26.5. The molecule has 0 aliphatic rings. The van der Waals surface area contributed by atoms with Crippen LogP contribution in [-0.4, -0.2) is 19.9 Å². The summed E-state index contributed by atoms with van der Waals surface area (Å²) in [5, 5.41) is 7.55. The molecule has 4 nitrogen and oxygen atoms in total. The summed E-state index contributed by atoms with van der Waals surface area (Å²) in [5.41, 5.74) is 12.2. The van der Waals surface area contributed by atoms with Gasteiger partial charge in [-0.2, -0.15) is 0 Å². The van der Waals surface area contributed by atoms with Crippen LogP contribution in [0.1, 0.15) is 11.4 Å². The van der Waals surface area contributed by atoms with Gasteiger partial charge in [0.25, 0.3) is 0 Å². The minimum Gasteiger partial charge on any atom is -0.233 e. The molecule has 254 valence electrons. The lowest BCUT2D eigenvalue weighted by atomic mass is 9.87. The SMILES string of the molecule is Cc1cc(C)nc(-c2ccc(-c3cc(-c4nc(-c5ccccc5)cc(-c5ccccc5)n4)cc(-c4cc5cccc6ccc7cccc4c7c65)c3)cc2)n1. The van der Waals surface area contributed by atoms with Crippen molar-refractivity contribution in [2.75, 3.05) is 0 Å². The van der Waals surface area contributed by atoms with Gasteiger partial charge in [0.1, 0.15) is 0 Å². The summed E-state index contributed by atoms with van der Waals surface area (Å²) in [6.45, 7) is 4.02. The van der Waals surface area contributed by atoms with Gasteiger partial charge in [-0.05, 0) is 105 Å². The highest BCUT2D eigenvalue weighted by molar-refractivity contribution is 6.26. The fraction of sp³-hybridized carbons (Fsp3) is 0.0400. The van der Waals surface area contributed by atoms with Gasteiger partial charge >= 0.3 is 0 Å². The predicted octanol–water partition coefficient (Wildman–Crippen LogP) is 12.8. The van der Waals surface area contributed by atoms with Crippen molar-refractivity contribution >= 4 is 32.3 Å². The first kappa shape index (κ1) is 31.7. The maximum Gasteiger partial charge on any atom is 0.160 e. The number of aryl methyl sites for hydroxylation is 2. The molecule has 0 saturated heterocycles. The third-order valence-electron chi connectivity index (χ3n) is 10.3. The van der Waals surface area contributed by atoms with Crippen molar-refractivity contribution in [2.45, 2.75) is 13.8 Å². The van der Waals surface area contributed by atoms with Crippen molar-refractivity contribution in [3.8, 4) is 67.5 Å². The maximum atomic E-state index is 5.25. The van der Waals surface area contributed by atoms with Gasteiger partial charge in [-0.1, -0.05) is 133 Å². The van der Waals surface area contributed by atoms with E-state index in [2.05, 4.69) is 152 Å². The van der Waals surface area contributed by atoms with Gasteiger partial charge in [-0.25, -0.2) is 19.9 Å². The number of nitrogens with zero attached hydrogens (tertiary/aromatic N) is 4. The molecule has 4 heteroatoms. The van der Waals surface area contributed by atoms with Crippen LogP contribution >= 0.6 is 0 Å². The van der Waals surface area contributed by atoms with Crippen LogP contribution < -0.4 is 0 Å². The Labute approximate surface area is 313 Å². The Morgan fingerprint density at radius 2 is 0.852 bits per heavy atom. The fourth-order valence-corrected chi connectivity index (χ4v) is 7.84. The van der Waals surface area contributed by atoms with E-state index in [0.717, 1.165) is 67.5 Å². The second-order valence-corrected chi connectivity index (χ2v) is 14.0. The topological polar surface area (TPSA) is 51.6 Å². The zero-order valence-corrected chi connectivity index (χ0v) is 30.0. The van der Waals surface area contributed by atoms with Crippen LogP contribution in [0.25, 0.3) is 99.9 Å². The van der Waals surface area contributed by atoms with Crippen LogP contribution in [0.4, 0.5) is 0 Å². The molecule has 0 fully saturated rings. The third-order valence-corrected chi connectivity index (χ3v) is 10.3.